The number of hydrogen-bond donors (Lipinski definition) is 2. The molecule has 1 atom stereocenters. The van der Waals surface area contributed by atoms with Crippen molar-refractivity contribution in [1.29, 1.82) is 0 Å². The highest BCUT2D eigenvalue weighted by molar-refractivity contribution is 5.76. The zero-order valence-electron chi connectivity index (χ0n) is 10.5. The SMILES string of the molecule is COc1ccc2c(c1C(O)C(=O)O)CCCCC2. The number of methoxy groups -OCH3 is 1. The fourth-order valence-corrected chi connectivity index (χ4v) is 2.61. The van der Waals surface area contributed by atoms with Crippen molar-refractivity contribution in [2.24, 2.45) is 0 Å². The molecule has 0 aliphatic heterocycles. The molecule has 0 heterocycles. The number of aliphatic hydroxyl groups excluding tert-OH is 1. The number of aliphatic hydroxyl groups is 1. The van der Waals surface area contributed by atoms with Gasteiger partial charge in [-0.05, 0) is 42.9 Å². The smallest absolute Gasteiger partial charge is 0.337 e. The highest BCUT2D eigenvalue weighted by Crippen LogP contribution is 2.34. The van der Waals surface area contributed by atoms with Gasteiger partial charge in [0, 0.05) is 5.56 Å². The third-order valence-electron chi connectivity index (χ3n) is 3.51. The van der Waals surface area contributed by atoms with E-state index in [4.69, 9.17) is 9.84 Å². The molecule has 4 nitrogen and oxygen atoms in total. The molecule has 0 amide bonds. The maximum absolute atomic E-state index is 11.0. The van der Waals surface area contributed by atoms with Crippen LogP contribution in [0.4, 0.5) is 0 Å². The Hall–Kier alpha value is -1.55. The number of rotatable bonds is 3. The zero-order valence-corrected chi connectivity index (χ0v) is 10.5. The van der Waals surface area contributed by atoms with E-state index in [2.05, 4.69) is 0 Å². The van der Waals surface area contributed by atoms with Gasteiger partial charge in [-0.25, -0.2) is 4.79 Å². The second kappa shape index (κ2) is 5.40. The van der Waals surface area contributed by atoms with Crippen LogP contribution >= 0.6 is 0 Å². The first kappa shape index (κ1) is 12.9. The molecule has 2 rings (SSSR count). The van der Waals surface area contributed by atoms with Crippen LogP contribution in [0.15, 0.2) is 12.1 Å². The number of aliphatic carboxylic acids is 1. The van der Waals surface area contributed by atoms with Gasteiger partial charge in [-0.3, -0.25) is 0 Å². The molecule has 1 aliphatic rings. The fraction of sp³-hybridized carbons (Fsp3) is 0.500. The van der Waals surface area contributed by atoms with Crippen LogP contribution in [0.1, 0.15) is 42.1 Å². The van der Waals surface area contributed by atoms with Crippen molar-refractivity contribution in [3.63, 3.8) is 0 Å². The van der Waals surface area contributed by atoms with Gasteiger partial charge < -0.3 is 14.9 Å². The van der Waals surface area contributed by atoms with Gasteiger partial charge in [0.2, 0.25) is 0 Å². The van der Waals surface area contributed by atoms with Crippen LogP contribution < -0.4 is 4.74 Å². The Kier molecular flexibility index (Phi) is 3.87. The summed E-state index contributed by atoms with van der Waals surface area (Å²) in [6.45, 7) is 0. The summed E-state index contributed by atoms with van der Waals surface area (Å²) < 4.78 is 5.20. The predicted octanol–water partition coefficient (Wildman–Crippen LogP) is 2.08. The van der Waals surface area contributed by atoms with Crippen molar-refractivity contribution in [3.8, 4) is 5.75 Å². The number of benzene rings is 1. The van der Waals surface area contributed by atoms with E-state index in [9.17, 15) is 9.90 Å². The van der Waals surface area contributed by atoms with E-state index in [1.807, 2.05) is 6.07 Å². The second-order valence-corrected chi connectivity index (χ2v) is 4.62. The predicted molar refractivity (Wildman–Crippen MR) is 66.8 cm³/mol. The van der Waals surface area contributed by atoms with Crippen molar-refractivity contribution in [2.45, 2.75) is 38.2 Å². The van der Waals surface area contributed by atoms with Crippen LogP contribution in [0.25, 0.3) is 0 Å². The Morgan fingerprint density at radius 1 is 1.28 bits per heavy atom. The number of carboxylic acid groups (broad SMARTS) is 1. The molecule has 98 valence electrons. The first-order valence-electron chi connectivity index (χ1n) is 6.24. The van der Waals surface area contributed by atoms with Crippen LogP contribution in [-0.4, -0.2) is 23.3 Å². The van der Waals surface area contributed by atoms with Gasteiger partial charge in [-0.2, -0.15) is 0 Å². The van der Waals surface area contributed by atoms with E-state index in [0.29, 0.717) is 11.3 Å². The third kappa shape index (κ3) is 2.34. The number of fused-ring (bicyclic) bond motifs is 1. The van der Waals surface area contributed by atoms with E-state index in [0.717, 1.165) is 43.2 Å². The van der Waals surface area contributed by atoms with E-state index in [-0.39, 0.29) is 0 Å². The molecule has 0 saturated heterocycles. The Bertz CT molecular complexity index is 453. The van der Waals surface area contributed by atoms with Crippen LogP contribution in [0.2, 0.25) is 0 Å². The van der Waals surface area contributed by atoms with Gasteiger partial charge in [0.1, 0.15) is 5.75 Å². The summed E-state index contributed by atoms with van der Waals surface area (Å²) in [5.41, 5.74) is 2.54. The van der Waals surface area contributed by atoms with Gasteiger partial charge >= 0.3 is 5.97 Å². The average molecular weight is 250 g/mol. The quantitative estimate of drug-likeness (QED) is 0.806. The van der Waals surface area contributed by atoms with Gasteiger partial charge in [-0.1, -0.05) is 12.5 Å². The molecule has 1 aromatic carbocycles. The largest absolute Gasteiger partial charge is 0.496 e. The van der Waals surface area contributed by atoms with E-state index in [1.165, 1.54) is 7.11 Å². The lowest BCUT2D eigenvalue weighted by Gasteiger charge is -2.18. The van der Waals surface area contributed by atoms with Crippen molar-refractivity contribution in [2.75, 3.05) is 7.11 Å². The lowest BCUT2D eigenvalue weighted by Crippen LogP contribution is -2.15. The minimum Gasteiger partial charge on any atom is -0.496 e. The molecule has 0 spiro atoms. The molecule has 0 aromatic heterocycles. The average Bonchev–Trinajstić information content (AvgIpc) is 2.61. The van der Waals surface area contributed by atoms with E-state index in [1.54, 1.807) is 6.07 Å². The topological polar surface area (TPSA) is 66.8 Å². The Balaban J connectivity index is 2.55. The third-order valence-corrected chi connectivity index (χ3v) is 3.51. The Labute approximate surface area is 106 Å². The number of hydrogen-bond acceptors (Lipinski definition) is 3. The lowest BCUT2D eigenvalue weighted by atomic mass is 9.93. The number of aryl methyl sites for hydroxylation is 1. The summed E-state index contributed by atoms with van der Waals surface area (Å²) in [4.78, 5) is 11.0. The van der Waals surface area contributed by atoms with Crippen molar-refractivity contribution >= 4 is 5.97 Å². The summed E-state index contributed by atoms with van der Waals surface area (Å²) in [5.74, 6) is -0.767. The van der Waals surface area contributed by atoms with Crippen molar-refractivity contribution in [1.82, 2.24) is 0 Å². The number of ether oxygens (including phenoxy) is 1. The van der Waals surface area contributed by atoms with E-state index < -0.39 is 12.1 Å². The molecule has 0 bridgehead atoms. The summed E-state index contributed by atoms with van der Waals surface area (Å²) >= 11 is 0. The van der Waals surface area contributed by atoms with Gasteiger partial charge in [0.15, 0.2) is 6.10 Å². The van der Waals surface area contributed by atoms with Gasteiger partial charge in [-0.15, -0.1) is 0 Å². The molecule has 18 heavy (non-hydrogen) atoms. The fourth-order valence-electron chi connectivity index (χ4n) is 2.61. The lowest BCUT2D eigenvalue weighted by molar-refractivity contribution is -0.147. The van der Waals surface area contributed by atoms with Crippen LogP contribution in [-0.2, 0) is 17.6 Å². The standard InChI is InChI=1S/C14H18O4/c1-18-11-8-7-9-5-3-2-4-6-10(9)12(11)13(15)14(16)17/h7-8,13,15H,2-6H2,1H3,(H,16,17). The number of carbonyl (C=O) groups is 1. The zero-order chi connectivity index (χ0) is 13.1. The van der Waals surface area contributed by atoms with Crippen LogP contribution in [0.5, 0.6) is 5.75 Å². The molecule has 0 saturated carbocycles. The van der Waals surface area contributed by atoms with Crippen LogP contribution in [0.3, 0.4) is 0 Å². The highest BCUT2D eigenvalue weighted by atomic mass is 16.5. The summed E-state index contributed by atoms with van der Waals surface area (Å²) in [7, 11) is 1.50. The first-order chi connectivity index (χ1) is 8.65. The van der Waals surface area contributed by atoms with Gasteiger partial charge in [0.05, 0.1) is 7.11 Å². The van der Waals surface area contributed by atoms with Crippen LogP contribution in [0, 0.1) is 0 Å². The Morgan fingerprint density at radius 2 is 2.00 bits per heavy atom. The molecule has 4 heteroatoms. The second-order valence-electron chi connectivity index (χ2n) is 4.62. The molecule has 2 N–H and O–H groups in total. The molecular formula is C14H18O4. The van der Waals surface area contributed by atoms with Crippen molar-refractivity contribution in [3.05, 3.63) is 28.8 Å². The summed E-state index contributed by atoms with van der Waals surface area (Å²) in [6.07, 6.45) is 3.53. The summed E-state index contributed by atoms with van der Waals surface area (Å²) in [6, 6.07) is 3.74. The normalized spacial score (nSPS) is 16.6. The Morgan fingerprint density at radius 3 is 2.67 bits per heavy atom. The molecule has 1 unspecified atom stereocenters. The van der Waals surface area contributed by atoms with E-state index >= 15 is 0 Å². The molecule has 0 radical (unpaired) electrons. The minimum absolute atomic E-state index is 0.435. The molecular weight excluding hydrogens is 232 g/mol. The molecule has 1 aliphatic carbocycles. The number of carboxylic acids is 1. The van der Waals surface area contributed by atoms with Crippen molar-refractivity contribution < 1.29 is 19.7 Å². The maximum atomic E-state index is 11.0. The van der Waals surface area contributed by atoms with Gasteiger partial charge in [0.25, 0.3) is 0 Å². The maximum Gasteiger partial charge on any atom is 0.337 e. The minimum atomic E-state index is -1.51. The first-order valence-corrected chi connectivity index (χ1v) is 6.24. The molecule has 0 fully saturated rings. The summed E-state index contributed by atoms with van der Waals surface area (Å²) in [5, 5.41) is 18.9. The monoisotopic (exact) mass is 250 g/mol. The highest BCUT2D eigenvalue weighted by Gasteiger charge is 2.26. The molecule has 1 aromatic rings.